The number of carbonyl (C=O) groups excluding carboxylic acids is 2. The number of hydrogen-bond donors (Lipinski definition) is 0. The zero-order valence-corrected chi connectivity index (χ0v) is 16.0. The summed E-state index contributed by atoms with van der Waals surface area (Å²) in [6.45, 7) is 4.18. The Labute approximate surface area is 161 Å². The van der Waals surface area contributed by atoms with Crippen LogP contribution in [0.4, 0.5) is 4.39 Å². The summed E-state index contributed by atoms with van der Waals surface area (Å²) in [6.07, 6.45) is -0.197. The van der Waals surface area contributed by atoms with Crippen molar-refractivity contribution in [2.24, 2.45) is 0 Å². The highest BCUT2D eigenvalue weighted by Gasteiger charge is 2.18. The van der Waals surface area contributed by atoms with Crippen molar-refractivity contribution in [3.05, 3.63) is 81.1 Å². The van der Waals surface area contributed by atoms with Crippen LogP contribution in [0, 0.1) is 19.7 Å². The Balaban J connectivity index is 1.63. The third-order valence-corrected chi connectivity index (χ3v) is 5.29. The van der Waals surface area contributed by atoms with Gasteiger partial charge in [0.1, 0.15) is 5.82 Å². The fourth-order valence-electron chi connectivity index (χ4n) is 2.96. The molecule has 1 aromatic carbocycles. The van der Waals surface area contributed by atoms with E-state index in [-0.39, 0.29) is 24.4 Å². The van der Waals surface area contributed by atoms with E-state index >= 15 is 0 Å². The standard InChI is InChI=1S/C21H20FNO3S/c1-14-10-18(15(2)23(14)12-17-7-5-9-27-17)20(24)13-26-21(25)11-16-6-3-4-8-19(16)22/h3-10H,11-13H2,1-2H3. The predicted molar refractivity (Wildman–Crippen MR) is 103 cm³/mol. The topological polar surface area (TPSA) is 48.3 Å². The molecule has 4 nitrogen and oxygen atoms in total. The number of aryl methyl sites for hydroxylation is 1. The molecule has 0 radical (unpaired) electrons. The minimum Gasteiger partial charge on any atom is -0.457 e. The fourth-order valence-corrected chi connectivity index (χ4v) is 3.65. The number of hydrogen-bond acceptors (Lipinski definition) is 4. The van der Waals surface area contributed by atoms with Gasteiger partial charge in [-0.1, -0.05) is 24.3 Å². The van der Waals surface area contributed by atoms with Crippen molar-refractivity contribution >= 4 is 23.1 Å². The third kappa shape index (κ3) is 4.52. The molecule has 0 saturated carbocycles. The van der Waals surface area contributed by atoms with Gasteiger partial charge in [-0.3, -0.25) is 9.59 Å². The summed E-state index contributed by atoms with van der Waals surface area (Å²) in [5, 5.41) is 2.02. The lowest BCUT2D eigenvalue weighted by molar-refractivity contribution is -0.141. The molecule has 2 aromatic heterocycles. The summed E-state index contributed by atoms with van der Waals surface area (Å²) in [5.74, 6) is -1.35. The molecule has 140 valence electrons. The lowest BCUT2D eigenvalue weighted by Crippen LogP contribution is -2.16. The largest absolute Gasteiger partial charge is 0.457 e. The zero-order valence-electron chi connectivity index (χ0n) is 15.2. The molecular weight excluding hydrogens is 365 g/mol. The molecule has 0 unspecified atom stereocenters. The highest BCUT2D eigenvalue weighted by atomic mass is 32.1. The van der Waals surface area contributed by atoms with Crippen molar-refractivity contribution in [3.8, 4) is 0 Å². The number of Topliss-reactive ketones (excluding diaryl/α,β-unsaturated/α-hetero) is 1. The number of carbonyl (C=O) groups is 2. The number of nitrogens with zero attached hydrogens (tertiary/aromatic N) is 1. The molecule has 3 aromatic rings. The fraction of sp³-hybridized carbons (Fsp3) is 0.238. The first-order valence-corrected chi connectivity index (χ1v) is 9.45. The lowest BCUT2D eigenvalue weighted by atomic mass is 10.1. The molecule has 0 aliphatic carbocycles. The second kappa shape index (κ2) is 8.31. The molecule has 0 spiro atoms. The van der Waals surface area contributed by atoms with Crippen LogP contribution in [0.15, 0.2) is 47.8 Å². The number of ether oxygens (including phenoxy) is 1. The van der Waals surface area contributed by atoms with Gasteiger partial charge in [-0.05, 0) is 43.0 Å². The van der Waals surface area contributed by atoms with Crippen molar-refractivity contribution in [1.82, 2.24) is 4.57 Å². The summed E-state index contributed by atoms with van der Waals surface area (Å²) in [4.78, 5) is 25.6. The normalized spacial score (nSPS) is 10.8. The molecule has 0 aliphatic heterocycles. The number of esters is 1. The minimum absolute atomic E-state index is 0.197. The van der Waals surface area contributed by atoms with Gasteiger partial charge in [-0.25, -0.2) is 4.39 Å². The van der Waals surface area contributed by atoms with Crippen LogP contribution in [0.3, 0.4) is 0 Å². The third-order valence-electron chi connectivity index (χ3n) is 4.42. The first-order valence-electron chi connectivity index (χ1n) is 8.57. The maximum absolute atomic E-state index is 13.6. The number of rotatable bonds is 7. The van der Waals surface area contributed by atoms with Gasteiger partial charge in [0.15, 0.2) is 6.61 Å². The zero-order chi connectivity index (χ0) is 19.4. The quantitative estimate of drug-likeness (QED) is 0.449. The average Bonchev–Trinajstić information content (AvgIpc) is 3.25. The number of halogens is 1. The van der Waals surface area contributed by atoms with Crippen molar-refractivity contribution in [1.29, 1.82) is 0 Å². The highest BCUT2D eigenvalue weighted by Crippen LogP contribution is 2.20. The van der Waals surface area contributed by atoms with Crippen LogP contribution in [0.2, 0.25) is 0 Å². The van der Waals surface area contributed by atoms with Crippen LogP contribution in [0.25, 0.3) is 0 Å². The van der Waals surface area contributed by atoms with Crippen molar-refractivity contribution in [2.75, 3.05) is 6.61 Å². The Kier molecular flexibility index (Phi) is 5.86. The van der Waals surface area contributed by atoms with Gasteiger partial charge in [0.05, 0.1) is 13.0 Å². The van der Waals surface area contributed by atoms with Gasteiger partial charge in [0.2, 0.25) is 5.78 Å². The summed E-state index contributed by atoms with van der Waals surface area (Å²) < 4.78 is 20.7. The van der Waals surface area contributed by atoms with Crippen molar-refractivity contribution in [2.45, 2.75) is 26.8 Å². The molecule has 0 aliphatic rings. The lowest BCUT2D eigenvalue weighted by Gasteiger charge is -2.08. The second-order valence-electron chi connectivity index (χ2n) is 6.30. The molecule has 0 N–H and O–H groups in total. The smallest absolute Gasteiger partial charge is 0.310 e. The first-order chi connectivity index (χ1) is 13.0. The number of aromatic nitrogens is 1. The van der Waals surface area contributed by atoms with Gasteiger partial charge < -0.3 is 9.30 Å². The van der Waals surface area contributed by atoms with Crippen LogP contribution in [-0.4, -0.2) is 22.9 Å². The Hall–Kier alpha value is -2.73. The minimum atomic E-state index is -0.624. The van der Waals surface area contributed by atoms with Crippen LogP contribution in [-0.2, 0) is 22.5 Å². The molecule has 27 heavy (non-hydrogen) atoms. The van der Waals surface area contributed by atoms with E-state index in [0.29, 0.717) is 12.1 Å². The molecular formula is C21H20FNO3S. The second-order valence-corrected chi connectivity index (χ2v) is 7.33. The Morgan fingerprint density at radius 1 is 1.15 bits per heavy atom. The van der Waals surface area contributed by atoms with E-state index in [2.05, 4.69) is 10.6 Å². The SMILES string of the molecule is Cc1cc(C(=O)COC(=O)Cc2ccccc2F)c(C)n1Cc1cccs1. The van der Waals surface area contributed by atoms with Crippen LogP contribution in [0.5, 0.6) is 0 Å². The summed E-state index contributed by atoms with van der Waals surface area (Å²) in [7, 11) is 0. The first kappa shape index (κ1) is 19.0. The van der Waals surface area contributed by atoms with E-state index in [9.17, 15) is 14.0 Å². The molecule has 0 atom stereocenters. The Morgan fingerprint density at radius 2 is 1.93 bits per heavy atom. The monoisotopic (exact) mass is 385 g/mol. The highest BCUT2D eigenvalue weighted by molar-refractivity contribution is 7.09. The van der Waals surface area contributed by atoms with E-state index in [1.54, 1.807) is 23.5 Å². The van der Waals surface area contributed by atoms with Crippen LogP contribution in [0.1, 0.15) is 32.2 Å². The maximum Gasteiger partial charge on any atom is 0.310 e. The van der Waals surface area contributed by atoms with E-state index in [0.717, 1.165) is 11.4 Å². The van der Waals surface area contributed by atoms with E-state index in [4.69, 9.17) is 4.74 Å². The summed E-state index contributed by atoms with van der Waals surface area (Å²) >= 11 is 1.66. The number of ketones is 1. The maximum atomic E-state index is 13.6. The summed E-state index contributed by atoms with van der Waals surface area (Å²) in [6, 6.07) is 11.9. The molecule has 3 rings (SSSR count). The van der Waals surface area contributed by atoms with Crippen LogP contribution < -0.4 is 0 Å². The number of thiophene rings is 1. The molecule has 0 fully saturated rings. The molecule has 6 heteroatoms. The van der Waals surface area contributed by atoms with Crippen molar-refractivity contribution in [3.63, 3.8) is 0 Å². The van der Waals surface area contributed by atoms with Gasteiger partial charge in [-0.2, -0.15) is 0 Å². The Morgan fingerprint density at radius 3 is 2.63 bits per heavy atom. The van der Waals surface area contributed by atoms with Gasteiger partial charge in [-0.15, -0.1) is 11.3 Å². The van der Waals surface area contributed by atoms with E-state index in [1.807, 2.05) is 31.4 Å². The van der Waals surface area contributed by atoms with Gasteiger partial charge in [0, 0.05) is 21.8 Å². The Bertz CT molecular complexity index is 960. The number of benzene rings is 1. The van der Waals surface area contributed by atoms with Crippen molar-refractivity contribution < 1.29 is 18.7 Å². The van der Waals surface area contributed by atoms with Gasteiger partial charge >= 0.3 is 5.97 Å². The molecule has 0 saturated heterocycles. The molecule has 0 bridgehead atoms. The summed E-state index contributed by atoms with van der Waals surface area (Å²) in [5.41, 5.74) is 2.62. The predicted octanol–water partition coefficient (Wildman–Crippen LogP) is 4.32. The van der Waals surface area contributed by atoms with E-state index < -0.39 is 11.8 Å². The molecule has 2 heterocycles. The van der Waals surface area contributed by atoms with Gasteiger partial charge in [0.25, 0.3) is 0 Å². The van der Waals surface area contributed by atoms with Crippen LogP contribution >= 0.6 is 11.3 Å². The molecule has 0 amide bonds. The average molecular weight is 385 g/mol. The van der Waals surface area contributed by atoms with E-state index in [1.165, 1.54) is 17.0 Å².